The quantitative estimate of drug-likeness (QED) is 0.660. The number of nitrogens with zero attached hydrogens (tertiary/aromatic N) is 1. The number of piperidine rings is 1. The summed E-state index contributed by atoms with van der Waals surface area (Å²) in [6, 6.07) is 0. The second-order valence-corrected chi connectivity index (χ2v) is 3.40. The maximum Gasteiger partial charge on any atom is 0.220 e. The molecule has 0 bridgehead atoms. The highest BCUT2D eigenvalue weighted by atomic mass is 16.1. The molecule has 1 amide bonds. The molecule has 0 radical (unpaired) electrons. The van der Waals surface area contributed by atoms with Gasteiger partial charge in [0.2, 0.25) is 5.91 Å². The van der Waals surface area contributed by atoms with E-state index in [9.17, 15) is 4.79 Å². The second kappa shape index (κ2) is 3.61. The molecule has 1 fully saturated rings. The highest BCUT2D eigenvalue weighted by molar-refractivity contribution is 5.76. The van der Waals surface area contributed by atoms with E-state index in [0.717, 1.165) is 31.6 Å². The third-order valence-electron chi connectivity index (χ3n) is 2.44. The Kier molecular flexibility index (Phi) is 2.74. The molecule has 0 aromatic rings. The van der Waals surface area contributed by atoms with Gasteiger partial charge in [-0.3, -0.25) is 4.79 Å². The second-order valence-electron chi connectivity index (χ2n) is 3.40. The number of carbonyl (C=O) groups excluding carboxylic acids is 1. The lowest BCUT2D eigenvalue weighted by Crippen LogP contribution is -2.37. The van der Waals surface area contributed by atoms with Crippen molar-refractivity contribution in [1.82, 2.24) is 4.90 Å². The van der Waals surface area contributed by atoms with E-state index in [2.05, 4.69) is 11.5 Å². The highest BCUT2D eigenvalue weighted by Crippen LogP contribution is 2.18. The van der Waals surface area contributed by atoms with Crippen LogP contribution in [0.3, 0.4) is 0 Å². The largest absolute Gasteiger partial charge is 0.375 e. The Morgan fingerprint density at radius 1 is 1.50 bits per heavy atom. The molecular formula is C9H16N2O. The van der Waals surface area contributed by atoms with Crippen molar-refractivity contribution in [3.63, 3.8) is 0 Å². The summed E-state index contributed by atoms with van der Waals surface area (Å²) in [5.74, 6) is -0.0723. The number of allylic oxidation sites excluding steroid dienone is 1. The van der Waals surface area contributed by atoms with Crippen LogP contribution < -0.4 is 5.73 Å². The third kappa shape index (κ3) is 2.00. The molecule has 1 aliphatic heterocycles. The van der Waals surface area contributed by atoms with Crippen LogP contribution in [0.25, 0.3) is 0 Å². The summed E-state index contributed by atoms with van der Waals surface area (Å²) in [4.78, 5) is 13.0. The smallest absolute Gasteiger partial charge is 0.220 e. The number of hydrogen-bond donors (Lipinski definition) is 1. The molecule has 1 saturated heterocycles. The van der Waals surface area contributed by atoms with Gasteiger partial charge in [0, 0.05) is 24.7 Å². The van der Waals surface area contributed by atoms with Gasteiger partial charge in [-0.15, -0.1) is 0 Å². The maximum absolute atomic E-state index is 10.8. The van der Waals surface area contributed by atoms with Crippen molar-refractivity contribution >= 4 is 5.91 Å². The molecule has 1 aliphatic rings. The van der Waals surface area contributed by atoms with Crippen LogP contribution >= 0.6 is 0 Å². The van der Waals surface area contributed by atoms with E-state index in [1.807, 2.05) is 6.92 Å². The normalized spacial score (nSPS) is 19.2. The molecule has 1 heterocycles. The van der Waals surface area contributed by atoms with Crippen LogP contribution in [0.2, 0.25) is 0 Å². The first kappa shape index (κ1) is 9.10. The minimum atomic E-state index is -0.156. The molecule has 0 atom stereocenters. The van der Waals surface area contributed by atoms with Crippen molar-refractivity contribution in [3.8, 4) is 0 Å². The minimum Gasteiger partial charge on any atom is -0.375 e. The van der Waals surface area contributed by atoms with Crippen molar-refractivity contribution in [1.29, 1.82) is 0 Å². The number of primary amides is 1. The first-order valence-electron chi connectivity index (χ1n) is 4.31. The van der Waals surface area contributed by atoms with Gasteiger partial charge in [0.25, 0.3) is 0 Å². The van der Waals surface area contributed by atoms with E-state index < -0.39 is 0 Å². The zero-order chi connectivity index (χ0) is 9.14. The molecule has 2 N–H and O–H groups in total. The molecule has 0 unspecified atom stereocenters. The Bertz CT molecular complexity index is 171. The molecule has 3 heteroatoms. The van der Waals surface area contributed by atoms with Gasteiger partial charge in [0.05, 0.1) is 0 Å². The van der Waals surface area contributed by atoms with Crippen molar-refractivity contribution in [2.24, 2.45) is 11.7 Å². The standard InChI is InChI=1S/C9H16N2O/c1-7(2)11-5-3-8(4-6-11)9(10)12/h8H,1,3-6H2,2H3,(H2,10,12). The van der Waals surface area contributed by atoms with Gasteiger partial charge in [-0.25, -0.2) is 0 Å². The van der Waals surface area contributed by atoms with E-state index in [4.69, 9.17) is 5.73 Å². The maximum atomic E-state index is 10.8. The van der Waals surface area contributed by atoms with E-state index in [1.165, 1.54) is 0 Å². The van der Waals surface area contributed by atoms with E-state index in [-0.39, 0.29) is 11.8 Å². The fourth-order valence-electron chi connectivity index (χ4n) is 1.55. The average Bonchev–Trinajstić information content (AvgIpc) is 2.04. The van der Waals surface area contributed by atoms with Crippen LogP contribution in [-0.4, -0.2) is 23.9 Å². The summed E-state index contributed by atoms with van der Waals surface area (Å²) in [5.41, 5.74) is 6.29. The van der Waals surface area contributed by atoms with Crippen LogP contribution in [0, 0.1) is 5.92 Å². The van der Waals surface area contributed by atoms with Gasteiger partial charge in [0.1, 0.15) is 0 Å². The van der Waals surface area contributed by atoms with Crippen LogP contribution in [0.15, 0.2) is 12.3 Å². The third-order valence-corrected chi connectivity index (χ3v) is 2.44. The Morgan fingerprint density at radius 3 is 2.33 bits per heavy atom. The molecule has 0 aliphatic carbocycles. The molecule has 12 heavy (non-hydrogen) atoms. The lowest BCUT2D eigenvalue weighted by atomic mass is 9.96. The van der Waals surface area contributed by atoms with Crippen molar-refractivity contribution in [3.05, 3.63) is 12.3 Å². The fraction of sp³-hybridized carbons (Fsp3) is 0.667. The van der Waals surface area contributed by atoms with Gasteiger partial charge < -0.3 is 10.6 Å². The Labute approximate surface area is 73.2 Å². The molecule has 0 aromatic carbocycles. The van der Waals surface area contributed by atoms with Crippen LogP contribution in [0.1, 0.15) is 19.8 Å². The van der Waals surface area contributed by atoms with Crippen LogP contribution in [0.5, 0.6) is 0 Å². The number of nitrogens with two attached hydrogens (primary N) is 1. The summed E-state index contributed by atoms with van der Waals surface area (Å²) in [7, 11) is 0. The van der Waals surface area contributed by atoms with E-state index >= 15 is 0 Å². The molecule has 68 valence electrons. The van der Waals surface area contributed by atoms with E-state index in [0.29, 0.717) is 0 Å². The first-order valence-corrected chi connectivity index (χ1v) is 4.31. The van der Waals surface area contributed by atoms with Crippen LogP contribution in [-0.2, 0) is 4.79 Å². The topological polar surface area (TPSA) is 46.3 Å². The Morgan fingerprint density at radius 2 is 2.00 bits per heavy atom. The monoisotopic (exact) mass is 168 g/mol. The predicted molar refractivity (Wildman–Crippen MR) is 48.3 cm³/mol. The first-order chi connectivity index (χ1) is 5.61. The summed E-state index contributed by atoms with van der Waals surface area (Å²) < 4.78 is 0. The summed E-state index contributed by atoms with van der Waals surface area (Å²) in [6.07, 6.45) is 1.75. The van der Waals surface area contributed by atoms with Gasteiger partial charge in [-0.1, -0.05) is 6.58 Å². The van der Waals surface area contributed by atoms with Crippen molar-refractivity contribution in [2.45, 2.75) is 19.8 Å². The van der Waals surface area contributed by atoms with Gasteiger partial charge >= 0.3 is 0 Å². The lowest BCUT2D eigenvalue weighted by Gasteiger charge is -2.32. The van der Waals surface area contributed by atoms with E-state index in [1.54, 1.807) is 0 Å². The highest BCUT2D eigenvalue weighted by Gasteiger charge is 2.22. The fourth-order valence-corrected chi connectivity index (χ4v) is 1.55. The number of rotatable bonds is 2. The van der Waals surface area contributed by atoms with Gasteiger partial charge in [-0.05, 0) is 19.8 Å². The minimum absolute atomic E-state index is 0.0839. The summed E-state index contributed by atoms with van der Waals surface area (Å²) in [5, 5.41) is 0. The summed E-state index contributed by atoms with van der Waals surface area (Å²) >= 11 is 0. The molecule has 0 aromatic heterocycles. The molecule has 1 rings (SSSR count). The average molecular weight is 168 g/mol. The number of hydrogen-bond acceptors (Lipinski definition) is 2. The van der Waals surface area contributed by atoms with Crippen molar-refractivity contribution in [2.75, 3.05) is 13.1 Å². The van der Waals surface area contributed by atoms with Crippen LogP contribution in [0.4, 0.5) is 0 Å². The molecular weight excluding hydrogens is 152 g/mol. The Balaban J connectivity index is 2.39. The molecule has 3 nitrogen and oxygen atoms in total. The zero-order valence-corrected chi connectivity index (χ0v) is 7.55. The van der Waals surface area contributed by atoms with Gasteiger partial charge in [-0.2, -0.15) is 0 Å². The SMILES string of the molecule is C=C(C)N1CCC(C(N)=O)CC1. The number of amides is 1. The lowest BCUT2D eigenvalue weighted by molar-refractivity contribution is -0.123. The number of carbonyl (C=O) groups is 1. The zero-order valence-electron chi connectivity index (χ0n) is 7.55. The Hall–Kier alpha value is -0.990. The molecule has 0 spiro atoms. The molecule has 0 saturated carbocycles. The summed E-state index contributed by atoms with van der Waals surface area (Å²) in [6.45, 7) is 7.69. The predicted octanol–water partition coefficient (Wildman–Crippen LogP) is 0.717. The van der Waals surface area contributed by atoms with Gasteiger partial charge in [0.15, 0.2) is 0 Å². The van der Waals surface area contributed by atoms with Crippen molar-refractivity contribution < 1.29 is 4.79 Å². The number of likely N-dealkylation sites (tertiary alicyclic amines) is 1.